The molecule has 0 aliphatic carbocycles. The number of aryl methyl sites for hydroxylation is 1. The van der Waals surface area contributed by atoms with Crippen molar-refractivity contribution >= 4 is 0 Å². The van der Waals surface area contributed by atoms with Gasteiger partial charge in [-0.05, 0) is 27.9 Å². The van der Waals surface area contributed by atoms with Gasteiger partial charge in [-0.3, -0.25) is 4.98 Å². The zero-order valence-corrected chi connectivity index (χ0v) is 11.4. The molecule has 0 spiro atoms. The average Bonchev–Trinajstić information content (AvgIpc) is 2.27. The molecular weight excluding hydrogens is 214 g/mol. The Kier molecular flexibility index (Phi) is 5.38. The summed E-state index contributed by atoms with van der Waals surface area (Å²) in [4.78, 5) is 6.66. The van der Waals surface area contributed by atoms with Crippen LogP contribution in [0.5, 0.6) is 5.75 Å². The smallest absolute Gasteiger partial charge is 0.122 e. The van der Waals surface area contributed by atoms with E-state index in [4.69, 9.17) is 4.74 Å². The maximum absolute atomic E-state index is 5.23. The van der Waals surface area contributed by atoms with Gasteiger partial charge >= 0.3 is 0 Å². The third kappa shape index (κ3) is 4.71. The van der Waals surface area contributed by atoms with Crippen LogP contribution in [-0.2, 0) is 6.54 Å². The summed E-state index contributed by atoms with van der Waals surface area (Å²) in [5.41, 5.74) is 2.01. The van der Waals surface area contributed by atoms with Crippen LogP contribution in [0.3, 0.4) is 0 Å². The first-order valence-corrected chi connectivity index (χ1v) is 5.91. The van der Waals surface area contributed by atoms with E-state index in [0.29, 0.717) is 6.04 Å². The first-order valence-electron chi connectivity index (χ1n) is 5.91. The number of ether oxygens (including phenoxy) is 1. The highest BCUT2D eigenvalue weighted by Crippen LogP contribution is 2.12. The number of hydrogen-bond donors (Lipinski definition) is 1. The van der Waals surface area contributed by atoms with Gasteiger partial charge in [0.25, 0.3) is 0 Å². The lowest BCUT2D eigenvalue weighted by Crippen LogP contribution is -2.35. The van der Waals surface area contributed by atoms with Gasteiger partial charge in [-0.2, -0.15) is 0 Å². The standard InChI is InChI=1S/C13H23N3O/c1-10-6-13(17-5)7-12(15-10)9-14-8-11(2)16(3)4/h6-7,11,14H,8-9H2,1-5H3. The minimum absolute atomic E-state index is 0.515. The summed E-state index contributed by atoms with van der Waals surface area (Å²) in [7, 11) is 5.85. The molecule has 96 valence electrons. The van der Waals surface area contributed by atoms with E-state index in [-0.39, 0.29) is 0 Å². The molecule has 1 heterocycles. The number of hydrogen-bond acceptors (Lipinski definition) is 4. The Morgan fingerprint density at radius 2 is 2.12 bits per heavy atom. The van der Waals surface area contributed by atoms with Crippen LogP contribution in [0.15, 0.2) is 12.1 Å². The maximum atomic E-state index is 5.23. The lowest BCUT2D eigenvalue weighted by atomic mass is 10.2. The Hall–Kier alpha value is -1.13. The summed E-state index contributed by atoms with van der Waals surface area (Å²) in [5.74, 6) is 0.870. The van der Waals surface area contributed by atoms with Crippen molar-refractivity contribution in [1.82, 2.24) is 15.2 Å². The van der Waals surface area contributed by atoms with Crippen LogP contribution in [-0.4, -0.2) is 43.7 Å². The van der Waals surface area contributed by atoms with E-state index in [1.165, 1.54) is 0 Å². The quantitative estimate of drug-likeness (QED) is 0.812. The molecule has 0 bridgehead atoms. The molecule has 0 aliphatic rings. The number of rotatable bonds is 6. The fraction of sp³-hybridized carbons (Fsp3) is 0.615. The summed E-state index contributed by atoms with van der Waals surface area (Å²) in [6.45, 7) is 5.90. The molecule has 0 amide bonds. The van der Waals surface area contributed by atoms with Gasteiger partial charge in [-0.25, -0.2) is 0 Å². The van der Waals surface area contributed by atoms with Gasteiger partial charge < -0.3 is 15.0 Å². The number of aromatic nitrogens is 1. The third-order valence-electron chi connectivity index (χ3n) is 2.84. The SMILES string of the molecule is COc1cc(C)nc(CNCC(C)N(C)C)c1. The summed E-state index contributed by atoms with van der Waals surface area (Å²) >= 11 is 0. The minimum atomic E-state index is 0.515. The van der Waals surface area contributed by atoms with Crippen LogP contribution in [0.2, 0.25) is 0 Å². The van der Waals surface area contributed by atoms with Gasteiger partial charge in [0.2, 0.25) is 0 Å². The van der Waals surface area contributed by atoms with Gasteiger partial charge in [-0.15, -0.1) is 0 Å². The fourth-order valence-electron chi connectivity index (χ4n) is 1.50. The van der Waals surface area contributed by atoms with Crippen molar-refractivity contribution in [3.05, 3.63) is 23.5 Å². The zero-order chi connectivity index (χ0) is 12.8. The molecule has 1 aromatic rings. The Morgan fingerprint density at radius 3 is 2.71 bits per heavy atom. The summed E-state index contributed by atoms with van der Waals surface area (Å²) < 4.78 is 5.23. The second-order valence-electron chi connectivity index (χ2n) is 4.58. The van der Waals surface area contributed by atoms with Gasteiger partial charge in [0.1, 0.15) is 5.75 Å². The van der Waals surface area contributed by atoms with E-state index < -0.39 is 0 Å². The van der Waals surface area contributed by atoms with Crippen molar-refractivity contribution in [2.24, 2.45) is 0 Å². The van der Waals surface area contributed by atoms with Crippen LogP contribution in [0, 0.1) is 6.92 Å². The van der Waals surface area contributed by atoms with E-state index in [1.54, 1.807) is 7.11 Å². The van der Waals surface area contributed by atoms with Gasteiger partial charge in [-0.1, -0.05) is 0 Å². The predicted octanol–water partition coefficient (Wildman–Crippen LogP) is 1.44. The zero-order valence-electron chi connectivity index (χ0n) is 11.4. The van der Waals surface area contributed by atoms with E-state index in [9.17, 15) is 0 Å². The molecule has 4 heteroatoms. The van der Waals surface area contributed by atoms with Crippen molar-refractivity contribution in [2.75, 3.05) is 27.7 Å². The molecule has 1 N–H and O–H groups in total. The summed E-state index contributed by atoms with van der Waals surface area (Å²) in [6, 6.07) is 4.42. The van der Waals surface area contributed by atoms with Crippen molar-refractivity contribution < 1.29 is 4.74 Å². The Balaban J connectivity index is 2.49. The topological polar surface area (TPSA) is 37.4 Å². The third-order valence-corrected chi connectivity index (χ3v) is 2.84. The highest BCUT2D eigenvalue weighted by Gasteiger charge is 2.04. The molecule has 0 radical (unpaired) electrons. The fourth-order valence-corrected chi connectivity index (χ4v) is 1.50. The lowest BCUT2D eigenvalue weighted by molar-refractivity contribution is 0.302. The molecule has 17 heavy (non-hydrogen) atoms. The largest absolute Gasteiger partial charge is 0.497 e. The van der Waals surface area contributed by atoms with Gasteiger partial charge in [0.05, 0.1) is 12.8 Å². The highest BCUT2D eigenvalue weighted by molar-refractivity contribution is 5.26. The van der Waals surface area contributed by atoms with Crippen molar-refractivity contribution in [2.45, 2.75) is 26.4 Å². The van der Waals surface area contributed by atoms with E-state index in [0.717, 1.165) is 30.2 Å². The van der Waals surface area contributed by atoms with Gasteiger partial charge in [0.15, 0.2) is 0 Å². The monoisotopic (exact) mass is 237 g/mol. The Labute approximate surface area is 104 Å². The van der Waals surface area contributed by atoms with Crippen LogP contribution in [0.4, 0.5) is 0 Å². The first-order chi connectivity index (χ1) is 8.02. The number of methoxy groups -OCH3 is 1. The van der Waals surface area contributed by atoms with Crippen molar-refractivity contribution in [3.8, 4) is 5.75 Å². The number of likely N-dealkylation sites (N-methyl/N-ethyl adjacent to an activating group) is 1. The maximum Gasteiger partial charge on any atom is 0.122 e. The molecule has 0 aliphatic heterocycles. The molecule has 0 fully saturated rings. The molecule has 0 saturated heterocycles. The Morgan fingerprint density at radius 1 is 1.41 bits per heavy atom. The van der Waals surface area contributed by atoms with E-state index >= 15 is 0 Å². The minimum Gasteiger partial charge on any atom is -0.497 e. The van der Waals surface area contributed by atoms with Crippen LogP contribution < -0.4 is 10.1 Å². The van der Waals surface area contributed by atoms with Crippen LogP contribution >= 0.6 is 0 Å². The average molecular weight is 237 g/mol. The number of pyridine rings is 1. The molecule has 1 rings (SSSR count). The normalized spacial score (nSPS) is 12.8. The van der Waals surface area contributed by atoms with Crippen molar-refractivity contribution in [3.63, 3.8) is 0 Å². The number of nitrogens with zero attached hydrogens (tertiary/aromatic N) is 2. The molecule has 0 saturated carbocycles. The second kappa shape index (κ2) is 6.57. The van der Waals surface area contributed by atoms with E-state index in [1.807, 2.05) is 19.1 Å². The summed E-state index contributed by atoms with van der Waals surface area (Å²) in [5, 5.41) is 3.40. The second-order valence-corrected chi connectivity index (χ2v) is 4.58. The molecule has 1 atom stereocenters. The predicted molar refractivity (Wildman–Crippen MR) is 70.4 cm³/mol. The highest BCUT2D eigenvalue weighted by atomic mass is 16.5. The molecular formula is C13H23N3O. The van der Waals surface area contributed by atoms with Crippen molar-refractivity contribution in [1.29, 1.82) is 0 Å². The first kappa shape index (κ1) is 13.9. The Bertz CT molecular complexity index is 353. The molecule has 1 unspecified atom stereocenters. The van der Waals surface area contributed by atoms with E-state index in [2.05, 4.69) is 36.2 Å². The lowest BCUT2D eigenvalue weighted by Gasteiger charge is -2.20. The molecule has 4 nitrogen and oxygen atoms in total. The molecule has 1 aromatic heterocycles. The molecule has 0 aromatic carbocycles. The number of nitrogens with one attached hydrogen (secondary N) is 1. The van der Waals surface area contributed by atoms with Crippen LogP contribution in [0.1, 0.15) is 18.3 Å². The van der Waals surface area contributed by atoms with Crippen LogP contribution in [0.25, 0.3) is 0 Å². The van der Waals surface area contributed by atoms with Gasteiger partial charge in [0, 0.05) is 37.0 Å². The summed E-state index contributed by atoms with van der Waals surface area (Å²) in [6.07, 6.45) is 0.